The summed E-state index contributed by atoms with van der Waals surface area (Å²) in [5.41, 5.74) is 2.23. The van der Waals surface area contributed by atoms with Crippen molar-refractivity contribution in [2.45, 2.75) is 32.2 Å². The number of rotatable bonds is 7. The van der Waals surface area contributed by atoms with Crippen molar-refractivity contribution in [3.8, 4) is 0 Å². The van der Waals surface area contributed by atoms with Crippen molar-refractivity contribution < 1.29 is 14.4 Å². The van der Waals surface area contributed by atoms with Gasteiger partial charge in [0, 0.05) is 11.9 Å². The minimum absolute atomic E-state index is 0.0115. The standard InChI is InChI=1S/C21H25N3O3S/c1-4-14(2)15-7-9-16(10-8-15)20(17-6-5-11-28-17)22-18(25)12-24-19(26)13-23(3)21(24)27/h5-11,14,20H,4,12-13H2,1-3H3,(H,22,25). The second kappa shape index (κ2) is 8.56. The molecule has 1 aromatic carbocycles. The molecular weight excluding hydrogens is 374 g/mol. The van der Waals surface area contributed by atoms with Gasteiger partial charge in [0.05, 0.1) is 6.04 Å². The first-order valence-electron chi connectivity index (χ1n) is 9.38. The zero-order valence-electron chi connectivity index (χ0n) is 16.3. The molecule has 1 aliphatic heterocycles. The van der Waals surface area contributed by atoms with Gasteiger partial charge in [-0.25, -0.2) is 4.79 Å². The fourth-order valence-electron chi connectivity index (χ4n) is 3.20. The van der Waals surface area contributed by atoms with Crippen LogP contribution in [0.2, 0.25) is 0 Å². The normalized spacial score (nSPS) is 16.4. The first-order valence-corrected chi connectivity index (χ1v) is 10.3. The molecule has 2 aromatic rings. The molecule has 6 nitrogen and oxygen atoms in total. The third-order valence-corrected chi connectivity index (χ3v) is 6.05. The molecule has 0 radical (unpaired) electrons. The summed E-state index contributed by atoms with van der Waals surface area (Å²) < 4.78 is 0. The van der Waals surface area contributed by atoms with Crippen molar-refractivity contribution >= 4 is 29.2 Å². The smallest absolute Gasteiger partial charge is 0.327 e. The number of hydrogen-bond acceptors (Lipinski definition) is 4. The lowest BCUT2D eigenvalue weighted by Gasteiger charge is -2.21. The fourth-order valence-corrected chi connectivity index (χ4v) is 4.00. The van der Waals surface area contributed by atoms with E-state index in [9.17, 15) is 14.4 Å². The summed E-state index contributed by atoms with van der Waals surface area (Å²) in [6, 6.07) is 11.4. The summed E-state index contributed by atoms with van der Waals surface area (Å²) >= 11 is 1.56. The van der Waals surface area contributed by atoms with Gasteiger partial charge in [-0.15, -0.1) is 11.3 Å². The van der Waals surface area contributed by atoms with Gasteiger partial charge >= 0.3 is 6.03 Å². The third kappa shape index (κ3) is 4.25. The summed E-state index contributed by atoms with van der Waals surface area (Å²) in [5, 5.41) is 4.95. The number of amides is 4. The van der Waals surface area contributed by atoms with Crippen LogP contribution in [0, 0.1) is 0 Å². The van der Waals surface area contributed by atoms with E-state index in [1.54, 1.807) is 18.4 Å². The fraction of sp³-hybridized carbons (Fsp3) is 0.381. The van der Waals surface area contributed by atoms with Crippen LogP contribution in [0.5, 0.6) is 0 Å². The Labute approximate surface area is 169 Å². The molecule has 7 heteroatoms. The number of carbonyl (C=O) groups excluding carboxylic acids is 3. The molecule has 1 aromatic heterocycles. The van der Waals surface area contributed by atoms with Crippen LogP contribution in [0.1, 0.15) is 48.2 Å². The van der Waals surface area contributed by atoms with E-state index in [-0.39, 0.29) is 30.9 Å². The molecule has 0 spiro atoms. The molecular formula is C21H25N3O3S. The molecule has 2 unspecified atom stereocenters. The van der Waals surface area contributed by atoms with Gasteiger partial charge in [0.1, 0.15) is 13.1 Å². The van der Waals surface area contributed by atoms with Crippen molar-refractivity contribution in [3.63, 3.8) is 0 Å². The number of thiophene rings is 1. The van der Waals surface area contributed by atoms with E-state index in [1.165, 1.54) is 10.5 Å². The highest BCUT2D eigenvalue weighted by atomic mass is 32.1. The predicted octanol–water partition coefficient (Wildman–Crippen LogP) is 3.36. The largest absolute Gasteiger partial charge is 0.343 e. The highest BCUT2D eigenvalue weighted by Gasteiger charge is 2.35. The van der Waals surface area contributed by atoms with Gasteiger partial charge in [-0.2, -0.15) is 0 Å². The SMILES string of the molecule is CCC(C)c1ccc(C(NC(=O)CN2C(=O)CN(C)C2=O)c2cccs2)cc1. The van der Waals surface area contributed by atoms with E-state index in [2.05, 4.69) is 31.3 Å². The van der Waals surface area contributed by atoms with Crippen LogP contribution in [0.3, 0.4) is 0 Å². The molecule has 28 heavy (non-hydrogen) atoms. The van der Waals surface area contributed by atoms with Crippen LogP contribution in [-0.2, 0) is 9.59 Å². The molecule has 0 saturated carbocycles. The van der Waals surface area contributed by atoms with Gasteiger partial charge in [-0.1, -0.05) is 44.2 Å². The maximum atomic E-state index is 12.6. The number of benzene rings is 1. The predicted molar refractivity (Wildman–Crippen MR) is 109 cm³/mol. The number of imide groups is 1. The van der Waals surface area contributed by atoms with Crippen LogP contribution in [0.25, 0.3) is 0 Å². The Morgan fingerprint density at radius 3 is 2.39 bits per heavy atom. The highest BCUT2D eigenvalue weighted by Crippen LogP contribution is 2.28. The number of nitrogens with one attached hydrogen (secondary N) is 1. The van der Waals surface area contributed by atoms with Crippen molar-refractivity contribution in [3.05, 3.63) is 57.8 Å². The minimum atomic E-state index is -0.439. The molecule has 0 aliphatic carbocycles. The second-order valence-electron chi connectivity index (χ2n) is 7.11. The van der Waals surface area contributed by atoms with E-state index in [1.807, 2.05) is 29.6 Å². The number of hydrogen-bond donors (Lipinski definition) is 1. The number of carbonyl (C=O) groups is 3. The molecule has 1 N–H and O–H groups in total. The molecule has 148 valence electrons. The molecule has 4 amide bonds. The Morgan fingerprint density at radius 2 is 1.86 bits per heavy atom. The van der Waals surface area contributed by atoms with Gasteiger partial charge in [-0.05, 0) is 34.9 Å². The second-order valence-corrected chi connectivity index (χ2v) is 8.09. The Kier molecular flexibility index (Phi) is 6.14. The van der Waals surface area contributed by atoms with Crippen molar-refractivity contribution in [1.29, 1.82) is 0 Å². The quantitative estimate of drug-likeness (QED) is 0.726. The van der Waals surface area contributed by atoms with E-state index in [0.29, 0.717) is 5.92 Å². The first-order chi connectivity index (χ1) is 13.4. The monoisotopic (exact) mass is 399 g/mol. The van der Waals surface area contributed by atoms with E-state index < -0.39 is 6.03 Å². The van der Waals surface area contributed by atoms with Crippen LogP contribution in [0.4, 0.5) is 4.79 Å². The molecule has 3 rings (SSSR count). The summed E-state index contributed by atoms with van der Waals surface area (Å²) in [4.78, 5) is 39.9. The van der Waals surface area contributed by atoms with Crippen LogP contribution in [-0.4, -0.2) is 47.8 Å². The molecule has 1 aliphatic rings. The Balaban J connectivity index is 1.77. The Bertz CT molecular complexity index is 848. The average Bonchev–Trinajstić information content (AvgIpc) is 3.30. The maximum Gasteiger partial charge on any atom is 0.327 e. The number of nitrogens with zero attached hydrogens (tertiary/aromatic N) is 2. The lowest BCUT2D eigenvalue weighted by Crippen LogP contribution is -2.42. The molecule has 0 bridgehead atoms. The molecule has 2 heterocycles. The van der Waals surface area contributed by atoms with Crippen LogP contribution in [0.15, 0.2) is 41.8 Å². The summed E-state index contributed by atoms with van der Waals surface area (Å²) in [6.07, 6.45) is 1.07. The molecule has 1 fully saturated rings. The topological polar surface area (TPSA) is 69.7 Å². The number of urea groups is 1. The molecule has 1 saturated heterocycles. The summed E-state index contributed by atoms with van der Waals surface area (Å²) in [6.45, 7) is 4.09. The van der Waals surface area contributed by atoms with Gasteiger partial charge < -0.3 is 10.2 Å². The van der Waals surface area contributed by atoms with Crippen molar-refractivity contribution in [1.82, 2.24) is 15.1 Å². The lowest BCUT2D eigenvalue weighted by atomic mass is 9.95. The van der Waals surface area contributed by atoms with E-state index in [4.69, 9.17) is 0 Å². The van der Waals surface area contributed by atoms with Crippen molar-refractivity contribution in [2.75, 3.05) is 20.1 Å². The summed E-state index contributed by atoms with van der Waals surface area (Å²) in [7, 11) is 1.55. The van der Waals surface area contributed by atoms with Crippen LogP contribution >= 0.6 is 11.3 Å². The number of likely N-dealkylation sites (N-methyl/N-ethyl adjacent to an activating group) is 1. The zero-order chi connectivity index (χ0) is 20.3. The third-order valence-electron chi connectivity index (χ3n) is 5.12. The summed E-state index contributed by atoms with van der Waals surface area (Å²) in [5.74, 6) is -0.234. The Morgan fingerprint density at radius 1 is 1.18 bits per heavy atom. The van der Waals surface area contributed by atoms with Gasteiger partial charge in [0.25, 0.3) is 5.91 Å². The highest BCUT2D eigenvalue weighted by molar-refractivity contribution is 7.10. The molecule has 2 atom stereocenters. The van der Waals surface area contributed by atoms with Crippen molar-refractivity contribution in [2.24, 2.45) is 0 Å². The van der Waals surface area contributed by atoms with Gasteiger partial charge in [-0.3, -0.25) is 14.5 Å². The van der Waals surface area contributed by atoms with E-state index in [0.717, 1.165) is 21.8 Å². The van der Waals surface area contributed by atoms with E-state index >= 15 is 0 Å². The average molecular weight is 400 g/mol. The zero-order valence-corrected chi connectivity index (χ0v) is 17.2. The Hall–Kier alpha value is -2.67. The minimum Gasteiger partial charge on any atom is -0.343 e. The lowest BCUT2D eigenvalue weighted by molar-refractivity contribution is -0.130. The maximum absolute atomic E-state index is 12.6. The van der Waals surface area contributed by atoms with Gasteiger partial charge in [0.15, 0.2) is 0 Å². The van der Waals surface area contributed by atoms with Gasteiger partial charge in [0.2, 0.25) is 5.91 Å². The first kappa shape index (κ1) is 20.1. The van der Waals surface area contributed by atoms with Crippen LogP contribution < -0.4 is 5.32 Å².